The number of nitrogens with zero attached hydrogens (tertiary/aromatic N) is 1. The number of carbonyl (C=O) groups is 2. The molecule has 0 fully saturated rings. The molecule has 1 aromatic rings. The fraction of sp³-hybridized carbons (Fsp3) is 0.545. The highest BCUT2D eigenvalue weighted by Crippen LogP contribution is 1.82. The maximum atomic E-state index is 9.60. The molecule has 0 spiro atoms. The Morgan fingerprint density at radius 2 is 1.56 bits per heavy atom. The molecule has 6 N–H and O–H groups in total. The molecule has 106 valence electrons. The van der Waals surface area contributed by atoms with Crippen molar-refractivity contribution in [3.8, 4) is 0 Å². The third-order valence-electron chi connectivity index (χ3n) is 1.33. The predicted octanol–water partition coefficient (Wildman–Crippen LogP) is 2.31. The number of carboxylic acids is 2. The third-order valence-corrected chi connectivity index (χ3v) is 1.33. The van der Waals surface area contributed by atoms with E-state index in [1.807, 2.05) is 13.8 Å². The van der Waals surface area contributed by atoms with Gasteiger partial charge in [0.2, 0.25) is 0 Å². The Labute approximate surface area is 107 Å². The number of imidazole rings is 1. The zero-order valence-electron chi connectivity index (χ0n) is 10.9. The maximum absolute atomic E-state index is 9.60. The van der Waals surface area contributed by atoms with Gasteiger partial charge in [0, 0.05) is 25.2 Å². The van der Waals surface area contributed by atoms with Crippen LogP contribution in [-0.2, 0) is 9.59 Å². The van der Waals surface area contributed by atoms with E-state index < -0.39 is 11.9 Å². The highest BCUT2D eigenvalue weighted by atomic mass is 16.4. The Hall–Kier alpha value is -1.89. The van der Waals surface area contributed by atoms with Gasteiger partial charge in [-0.25, -0.2) is 4.98 Å². The zero-order chi connectivity index (χ0) is 13.5. The number of hydrogen-bond donors (Lipinski definition) is 4. The molecule has 0 aliphatic heterocycles. The second-order valence-corrected chi connectivity index (χ2v) is 3.05. The average Bonchev–Trinajstić information content (AvgIpc) is 2.75. The number of aromatic nitrogens is 2. The average molecular weight is 261 g/mol. The first kappa shape index (κ1) is 21.4. The molecule has 0 saturated carbocycles. The SMILES string of the molecule is CCCC(=O)O.CCCC(=O)O.N.c1c[nH]cn1. The van der Waals surface area contributed by atoms with Gasteiger partial charge in [-0.1, -0.05) is 13.8 Å². The van der Waals surface area contributed by atoms with Crippen LogP contribution in [0.15, 0.2) is 18.7 Å². The summed E-state index contributed by atoms with van der Waals surface area (Å²) >= 11 is 0. The summed E-state index contributed by atoms with van der Waals surface area (Å²) in [6.45, 7) is 3.68. The van der Waals surface area contributed by atoms with E-state index in [2.05, 4.69) is 9.97 Å². The molecule has 0 unspecified atom stereocenters. The molecule has 18 heavy (non-hydrogen) atoms. The van der Waals surface area contributed by atoms with E-state index in [4.69, 9.17) is 10.2 Å². The quantitative estimate of drug-likeness (QED) is 0.656. The second kappa shape index (κ2) is 17.5. The number of rotatable bonds is 4. The molecule has 7 nitrogen and oxygen atoms in total. The van der Waals surface area contributed by atoms with Gasteiger partial charge in [0.15, 0.2) is 0 Å². The molecule has 0 aliphatic carbocycles. The van der Waals surface area contributed by atoms with Gasteiger partial charge < -0.3 is 21.3 Å². The van der Waals surface area contributed by atoms with Crippen molar-refractivity contribution in [1.29, 1.82) is 0 Å². The molecule has 0 atom stereocenters. The van der Waals surface area contributed by atoms with Crippen LogP contribution in [0.3, 0.4) is 0 Å². The van der Waals surface area contributed by atoms with Crippen molar-refractivity contribution in [2.45, 2.75) is 39.5 Å². The highest BCUT2D eigenvalue weighted by molar-refractivity contribution is 5.66. The molecule has 0 aromatic carbocycles. The lowest BCUT2D eigenvalue weighted by Gasteiger charge is -1.79. The van der Waals surface area contributed by atoms with Gasteiger partial charge in [0.1, 0.15) is 0 Å². The van der Waals surface area contributed by atoms with E-state index in [0.717, 1.165) is 12.8 Å². The van der Waals surface area contributed by atoms with E-state index >= 15 is 0 Å². The van der Waals surface area contributed by atoms with Crippen molar-refractivity contribution in [3.05, 3.63) is 18.7 Å². The minimum absolute atomic E-state index is 0. The summed E-state index contributed by atoms with van der Waals surface area (Å²) < 4.78 is 0. The van der Waals surface area contributed by atoms with Crippen LogP contribution in [0.5, 0.6) is 0 Å². The van der Waals surface area contributed by atoms with Crippen LogP contribution in [0, 0.1) is 0 Å². The van der Waals surface area contributed by atoms with Crippen molar-refractivity contribution < 1.29 is 19.8 Å². The van der Waals surface area contributed by atoms with Crippen LogP contribution in [0.4, 0.5) is 0 Å². The van der Waals surface area contributed by atoms with Crippen LogP contribution in [0.2, 0.25) is 0 Å². The monoisotopic (exact) mass is 261 g/mol. The predicted molar refractivity (Wildman–Crippen MR) is 68.7 cm³/mol. The normalized spacial score (nSPS) is 7.67. The summed E-state index contributed by atoms with van der Waals surface area (Å²) in [7, 11) is 0. The summed E-state index contributed by atoms with van der Waals surface area (Å²) in [5, 5.41) is 15.8. The number of hydrogen-bond acceptors (Lipinski definition) is 4. The van der Waals surface area contributed by atoms with Gasteiger partial charge in [0.05, 0.1) is 6.33 Å². The topological polar surface area (TPSA) is 138 Å². The van der Waals surface area contributed by atoms with Crippen molar-refractivity contribution in [2.24, 2.45) is 0 Å². The largest absolute Gasteiger partial charge is 0.481 e. The summed E-state index contributed by atoms with van der Waals surface area (Å²) in [6.07, 6.45) is 7.13. The minimum atomic E-state index is -0.711. The van der Waals surface area contributed by atoms with Crippen molar-refractivity contribution >= 4 is 11.9 Å². The molecular formula is C11H23N3O4. The number of aliphatic carboxylic acids is 2. The fourth-order valence-corrected chi connectivity index (χ4v) is 0.643. The molecule has 0 bridgehead atoms. The van der Waals surface area contributed by atoms with Gasteiger partial charge in [-0.15, -0.1) is 0 Å². The molecule has 7 heteroatoms. The summed E-state index contributed by atoms with van der Waals surface area (Å²) in [5.74, 6) is -1.42. The van der Waals surface area contributed by atoms with E-state index in [-0.39, 0.29) is 6.15 Å². The molecule has 1 aromatic heterocycles. The Balaban J connectivity index is -0.000000183. The van der Waals surface area contributed by atoms with E-state index in [1.165, 1.54) is 0 Å². The molecule has 0 aliphatic rings. The van der Waals surface area contributed by atoms with Gasteiger partial charge in [-0.3, -0.25) is 9.59 Å². The molecule has 0 amide bonds. The van der Waals surface area contributed by atoms with Gasteiger partial charge in [-0.2, -0.15) is 0 Å². The summed E-state index contributed by atoms with van der Waals surface area (Å²) in [6, 6.07) is 0. The van der Waals surface area contributed by atoms with Crippen molar-refractivity contribution in [2.75, 3.05) is 0 Å². The Bertz CT molecular complexity index is 243. The van der Waals surface area contributed by atoms with Crippen LogP contribution in [-0.4, -0.2) is 32.1 Å². The van der Waals surface area contributed by atoms with Gasteiger partial charge in [0.25, 0.3) is 0 Å². The first-order valence-electron chi connectivity index (χ1n) is 5.40. The second-order valence-electron chi connectivity index (χ2n) is 3.05. The third kappa shape index (κ3) is 29.2. The number of carboxylic acid groups (broad SMARTS) is 2. The molecular weight excluding hydrogens is 238 g/mol. The van der Waals surface area contributed by atoms with Crippen LogP contribution < -0.4 is 6.15 Å². The van der Waals surface area contributed by atoms with Crippen LogP contribution in [0.25, 0.3) is 0 Å². The lowest BCUT2D eigenvalue weighted by Crippen LogP contribution is -1.90. The summed E-state index contributed by atoms with van der Waals surface area (Å²) in [5.41, 5.74) is 0. The van der Waals surface area contributed by atoms with E-state index in [1.54, 1.807) is 18.7 Å². The first-order chi connectivity index (χ1) is 8.04. The minimum Gasteiger partial charge on any atom is -0.481 e. The van der Waals surface area contributed by atoms with Gasteiger partial charge >= 0.3 is 11.9 Å². The highest BCUT2D eigenvalue weighted by Gasteiger charge is 1.88. The number of aromatic amines is 1. The maximum Gasteiger partial charge on any atom is 0.303 e. The van der Waals surface area contributed by atoms with E-state index in [0.29, 0.717) is 12.8 Å². The van der Waals surface area contributed by atoms with Crippen LogP contribution in [0.1, 0.15) is 39.5 Å². The smallest absolute Gasteiger partial charge is 0.303 e. The van der Waals surface area contributed by atoms with Crippen molar-refractivity contribution in [3.63, 3.8) is 0 Å². The Morgan fingerprint density at radius 3 is 1.61 bits per heavy atom. The lowest BCUT2D eigenvalue weighted by molar-refractivity contribution is -0.138. The standard InChI is InChI=1S/2C4H8O2.C3H4N2.H3N/c2*1-2-3-4(5)6;1-2-5-3-4-1;/h2*2-3H2,1H3,(H,5,6);1-3H,(H,4,5);1H3. The fourth-order valence-electron chi connectivity index (χ4n) is 0.643. The number of H-pyrrole nitrogens is 1. The Morgan fingerprint density at radius 1 is 1.11 bits per heavy atom. The van der Waals surface area contributed by atoms with Gasteiger partial charge in [-0.05, 0) is 12.8 Å². The molecule has 0 radical (unpaired) electrons. The Kier molecular flexibility index (Phi) is 20.8. The molecule has 0 saturated heterocycles. The van der Waals surface area contributed by atoms with E-state index in [9.17, 15) is 9.59 Å². The summed E-state index contributed by atoms with van der Waals surface area (Å²) in [4.78, 5) is 25.6. The lowest BCUT2D eigenvalue weighted by atomic mass is 10.4. The zero-order valence-corrected chi connectivity index (χ0v) is 10.9. The first-order valence-corrected chi connectivity index (χ1v) is 5.40. The number of nitrogens with one attached hydrogen (secondary N) is 1. The van der Waals surface area contributed by atoms with Crippen LogP contribution >= 0.6 is 0 Å². The van der Waals surface area contributed by atoms with Crippen molar-refractivity contribution in [1.82, 2.24) is 16.1 Å². The molecule has 1 rings (SSSR count). The molecule has 1 heterocycles.